The summed E-state index contributed by atoms with van der Waals surface area (Å²) < 4.78 is 27.2. The van der Waals surface area contributed by atoms with Crippen LogP contribution < -0.4 is 4.90 Å². The third-order valence-electron chi connectivity index (χ3n) is 6.63. The van der Waals surface area contributed by atoms with Gasteiger partial charge in [-0.05, 0) is 50.3 Å². The van der Waals surface area contributed by atoms with E-state index in [9.17, 15) is 8.42 Å². The zero-order valence-corrected chi connectivity index (χ0v) is 16.5. The highest BCUT2D eigenvalue weighted by Gasteiger charge is 2.37. The first-order valence-electron chi connectivity index (χ1n) is 9.88. The van der Waals surface area contributed by atoms with E-state index < -0.39 is 10.0 Å². The van der Waals surface area contributed by atoms with Crippen LogP contribution in [0.25, 0.3) is 0 Å². The van der Waals surface area contributed by atoms with Crippen molar-refractivity contribution in [2.75, 3.05) is 51.2 Å². The second-order valence-corrected chi connectivity index (χ2v) is 10.2. The Morgan fingerprint density at radius 1 is 0.923 bits per heavy atom. The number of piperidine rings is 1. The fraction of sp³-hybridized carbons (Fsp3) is 0.737. The van der Waals surface area contributed by atoms with Crippen LogP contribution in [0.5, 0.6) is 0 Å². The maximum absolute atomic E-state index is 12.8. The third kappa shape index (κ3) is 3.49. The second kappa shape index (κ2) is 7.09. The molecule has 26 heavy (non-hydrogen) atoms. The van der Waals surface area contributed by atoms with Gasteiger partial charge >= 0.3 is 0 Å². The van der Waals surface area contributed by atoms with Gasteiger partial charge in [0.25, 0.3) is 0 Å². The van der Waals surface area contributed by atoms with Crippen molar-refractivity contribution in [2.24, 2.45) is 5.41 Å². The summed E-state index contributed by atoms with van der Waals surface area (Å²) in [4.78, 5) is 9.29. The van der Waals surface area contributed by atoms with E-state index in [0.717, 1.165) is 32.0 Å². The van der Waals surface area contributed by atoms with Crippen LogP contribution in [-0.2, 0) is 10.0 Å². The number of sulfonamides is 1. The summed E-state index contributed by atoms with van der Waals surface area (Å²) in [5.41, 5.74) is 0.585. The van der Waals surface area contributed by atoms with E-state index in [1.807, 2.05) is 13.1 Å². The van der Waals surface area contributed by atoms with E-state index in [1.54, 1.807) is 16.6 Å². The summed E-state index contributed by atoms with van der Waals surface area (Å²) >= 11 is 0. The molecule has 3 fully saturated rings. The first-order chi connectivity index (χ1) is 12.5. The van der Waals surface area contributed by atoms with Crippen molar-refractivity contribution in [3.8, 4) is 0 Å². The van der Waals surface area contributed by atoms with Gasteiger partial charge in [-0.1, -0.05) is 12.8 Å². The number of hydrogen-bond donors (Lipinski definition) is 0. The van der Waals surface area contributed by atoms with Crippen molar-refractivity contribution in [2.45, 2.75) is 43.4 Å². The predicted octanol–water partition coefficient (Wildman–Crippen LogP) is 2.18. The Balaban J connectivity index is 1.42. The lowest BCUT2D eigenvalue weighted by atomic mass is 9.77. The summed E-state index contributed by atoms with van der Waals surface area (Å²) in [6, 6.07) is 3.62. The lowest BCUT2D eigenvalue weighted by molar-refractivity contribution is 0.222. The van der Waals surface area contributed by atoms with E-state index in [-0.39, 0.29) is 0 Å². The minimum Gasteiger partial charge on any atom is -0.357 e. The van der Waals surface area contributed by atoms with E-state index in [0.29, 0.717) is 23.4 Å². The number of anilines is 1. The third-order valence-corrected chi connectivity index (χ3v) is 8.52. The van der Waals surface area contributed by atoms with Crippen molar-refractivity contribution >= 4 is 15.8 Å². The molecule has 1 spiro atoms. The van der Waals surface area contributed by atoms with E-state index in [2.05, 4.69) is 14.8 Å². The smallest absolute Gasteiger partial charge is 0.244 e. The summed E-state index contributed by atoms with van der Waals surface area (Å²) in [6.07, 6.45) is 9.58. The van der Waals surface area contributed by atoms with Gasteiger partial charge < -0.3 is 9.80 Å². The Kier molecular flexibility index (Phi) is 4.96. The largest absolute Gasteiger partial charge is 0.357 e. The summed E-state index contributed by atoms with van der Waals surface area (Å²) in [5, 5.41) is 0. The average Bonchev–Trinajstić information content (AvgIpc) is 3.11. The van der Waals surface area contributed by atoms with Gasteiger partial charge in [-0.3, -0.25) is 0 Å². The fourth-order valence-corrected chi connectivity index (χ4v) is 6.09. The molecule has 1 aromatic heterocycles. The van der Waals surface area contributed by atoms with Crippen LogP contribution in [0.3, 0.4) is 0 Å². The molecule has 3 heterocycles. The molecule has 6 nitrogen and oxygen atoms in total. The van der Waals surface area contributed by atoms with E-state index in [4.69, 9.17) is 0 Å². The van der Waals surface area contributed by atoms with Gasteiger partial charge in [-0.25, -0.2) is 13.4 Å². The summed E-state index contributed by atoms with van der Waals surface area (Å²) in [7, 11) is -1.40. The number of nitrogens with zero attached hydrogens (tertiary/aromatic N) is 4. The molecule has 0 amide bonds. The van der Waals surface area contributed by atoms with Crippen LogP contribution in [-0.4, -0.2) is 68.9 Å². The zero-order chi connectivity index (χ0) is 18.2. The van der Waals surface area contributed by atoms with E-state index in [1.165, 1.54) is 38.5 Å². The van der Waals surface area contributed by atoms with Crippen molar-refractivity contribution in [3.63, 3.8) is 0 Å². The monoisotopic (exact) mass is 378 g/mol. The van der Waals surface area contributed by atoms with Crippen LogP contribution in [0.4, 0.5) is 5.82 Å². The fourth-order valence-electron chi connectivity index (χ4n) is 4.72. The molecule has 2 saturated heterocycles. The standard InChI is InChI=1S/C19H30N4O2S/c1-21-12-14-23(15-13-21)26(24,25)17-4-5-18(20-16-17)22-10-8-19(9-11-22)6-2-3-7-19/h4-5,16H,2-3,6-15H2,1H3. The van der Waals surface area contributed by atoms with Crippen molar-refractivity contribution in [3.05, 3.63) is 18.3 Å². The molecule has 1 aliphatic carbocycles. The molecule has 2 aliphatic heterocycles. The number of hydrogen-bond acceptors (Lipinski definition) is 5. The predicted molar refractivity (Wildman–Crippen MR) is 103 cm³/mol. The molecule has 1 saturated carbocycles. The molecule has 0 aromatic carbocycles. The lowest BCUT2D eigenvalue weighted by Crippen LogP contribution is -2.47. The minimum atomic E-state index is -3.43. The topological polar surface area (TPSA) is 56.8 Å². The number of aromatic nitrogens is 1. The molecule has 0 radical (unpaired) electrons. The molecule has 144 valence electrons. The molecule has 1 aromatic rings. The van der Waals surface area contributed by atoms with Crippen molar-refractivity contribution < 1.29 is 8.42 Å². The summed E-state index contributed by atoms with van der Waals surface area (Å²) in [5.74, 6) is 0.912. The first kappa shape index (κ1) is 18.2. The molecule has 4 rings (SSSR count). The van der Waals surface area contributed by atoms with Crippen molar-refractivity contribution in [1.29, 1.82) is 0 Å². The number of likely N-dealkylation sites (N-methyl/N-ethyl adjacent to an activating group) is 1. The summed E-state index contributed by atoms with van der Waals surface area (Å²) in [6.45, 7) is 4.74. The van der Waals surface area contributed by atoms with Gasteiger partial charge in [0.2, 0.25) is 10.0 Å². The van der Waals surface area contributed by atoms with Crippen LogP contribution in [0.1, 0.15) is 38.5 Å². The van der Waals surface area contributed by atoms with Crippen LogP contribution in [0.15, 0.2) is 23.2 Å². The van der Waals surface area contributed by atoms with Crippen molar-refractivity contribution in [1.82, 2.24) is 14.2 Å². The van der Waals surface area contributed by atoms with Gasteiger partial charge in [-0.2, -0.15) is 4.31 Å². The highest BCUT2D eigenvalue weighted by Crippen LogP contribution is 2.46. The quantitative estimate of drug-likeness (QED) is 0.807. The molecular weight excluding hydrogens is 348 g/mol. The Hall–Kier alpha value is -1.18. The average molecular weight is 379 g/mol. The maximum atomic E-state index is 12.8. The van der Waals surface area contributed by atoms with Gasteiger partial charge in [0, 0.05) is 45.5 Å². The van der Waals surface area contributed by atoms with Gasteiger partial charge in [0.05, 0.1) is 0 Å². The molecule has 7 heteroatoms. The Labute approximate surface area is 157 Å². The second-order valence-electron chi connectivity index (χ2n) is 8.25. The van der Waals surface area contributed by atoms with Crippen LogP contribution in [0.2, 0.25) is 0 Å². The normalized spacial score (nSPS) is 25.0. The highest BCUT2D eigenvalue weighted by atomic mass is 32.2. The lowest BCUT2D eigenvalue weighted by Gasteiger charge is -2.40. The molecule has 0 bridgehead atoms. The molecule has 3 aliphatic rings. The number of pyridine rings is 1. The van der Waals surface area contributed by atoms with Crippen LogP contribution >= 0.6 is 0 Å². The molecule has 0 atom stereocenters. The van der Waals surface area contributed by atoms with Gasteiger partial charge in [-0.15, -0.1) is 0 Å². The number of piperazine rings is 1. The van der Waals surface area contributed by atoms with Gasteiger partial charge in [0.1, 0.15) is 10.7 Å². The Morgan fingerprint density at radius 2 is 1.58 bits per heavy atom. The molecule has 0 N–H and O–H groups in total. The Morgan fingerprint density at radius 3 is 2.15 bits per heavy atom. The SMILES string of the molecule is CN1CCN(S(=O)(=O)c2ccc(N3CCC4(CCCC4)CC3)nc2)CC1. The minimum absolute atomic E-state index is 0.315. The Bertz CT molecular complexity index is 710. The number of rotatable bonds is 3. The maximum Gasteiger partial charge on any atom is 0.244 e. The molecular formula is C19H30N4O2S. The first-order valence-corrected chi connectivity index (χ1v) is 11.3. The van der Waals surface area contributed by atoms with Gasteiger partial charge in [0.15, 0.2) is 0 Å². The zero-order valence-electron chi connectivity index (χ0n) is 15.7. The molecule has 0 unspecified atom stereocenters. The van der Waals surface area contributed by atoms with E-state index >= 15 is 0 Å². The highest BCUT2D eigenvalue weighted by molar-refractivity contribution is 7.89. The van der Waals surface area contributed by atoms with Crippen LogP contribution in [0, 0.1) is 5.41 Å².